The molecule has 0 radical (unpaired) electrons. The molecule has 7 nitrogen and oxygen atoms in total. The Morgan fingerprint density at radius 2 is 1.78 bits per heavy atom. The van der Waals surface area contributed by atoms with Gasteiger partial charge in [-0.1, -0.05) is 17.7 Å². The summed E-state index contributed by atoms with van der Waals surface area (Å²) < 4.78 is 5.18. The summed E-state index contributed by atoms with van der Waals surface area (Å²) in [6.45, 7) is 1.58. The molecule has 2 N–H and O–H groups in total. The molecule has 1 saturated heterocycles. The third kappa shape index (κ3) is 4.70. The highest BCUT2D eigenvalue weighted by atomic mass is 32.1. The average Bonchev–Trinajstić information content (AvgIpc) is 3.36. The summed E-state index contributed by atoms with van der Waals surface area (Å²) in [5.41, 5.74) is 2.83. The first kappa shape index (κ1) is 21.3. The van der Waals surface area contributed by atoms with Gasteiger partial charge in [-0.15, -0.1) is 11.3 Å². The Bertz CT molecular complexity index is 1200. The molecule has 4 amide bonds. The highest BCUT2D eigenvalue weighted by Gasteiger charge is 2.35. The van der Waals surface area contributed by atoms with Gasteiger partial charge in [0, 0.05) is 15.4 Å². The van der Waals surface area contributed by atoms with Gasteiger partial charge in [-0.25, -0.2) is 9.69 Å². The Labute approximate surface area is 189 Å². The smallest absolute Gasteiger partial charge is 0.329 e. The van der Waals surface area contributed by atoms with Crippen LogP contribution in [-0.2, 0) is 9.59 Å². The largest absolute Gasteiger partial charge is 0.497 e. The van der Waals surface area contributed by atoms with Crippen molar-refractivity contribution in [2.45, 2.75) is 6.92 Å². The number of hydrogen-bond acceptors (Lipinski definition) is 5. The van der Waals surface area contributed by atoms with E-state index in [2.05, 4.69) is 10.6 Å². The van der Waals surface area contributed by atoms with Crippen LogP contribution in [0.1, 0.15) is 10.4 Å². The van der Waals surface area contributed by atoms with Crippen LogP contribution in [0.5, 0.6) is 5.75 Å². The molecule has 3 aromatic rings. The molecule has 0 atom stereocenters. The van der Waals surface area contributed by atoms with E-state index in [1.54, 1.807) is 25.3 Å². The number of urea groups is 1. The third-order valence-electron chi connectivity index (χ3n) is 4.89. The van der Waals surface area contributed by atoms with E-state index in [1.807, 2.05) is 55.5 Å². The van der Waals surface area contributed by atoms with E-state index in [-0.39, 0.29) is 12.2 Å². The Hall–Kier alpha value is -3.91. The van der Waals surface area contributed by atoms with Crippen LogP contribution in [0.15, 0.2) is 66.4 Å². The molecule has 0 bridgehead atoms. The molecule has 2 heterocycles. The molecule has 8 heteroatoms. The molecule has 1 aromatic heterocycles. The summed E-state index contributed by atoms with van der Waals surface area (Å²) in [6, 6.07) is 18.2. The normalized spacial score (nSPS) is 14.6. The number of imide groups is 1. The van der Waals surface area contributed by atoms with Crippen molar-refractivity contribution in [1.82, 2.24) is 10.2 Å². The number of amides is 4. The lowest BCUT2D eigenvalue weighted by molar-refractivity contribution is -0.127. The quantitative estimate of drug-likeness (QED) is 0.437. The third-order valence-corrected chi connectivity index (χ3v) is 5.97. The minimum absolute atomic E-state index is 0.140. The molecular weight excluding hydrogens is 426 g/mol. The van der Waals surface area contributed by atoms with E-state index in [0.29, 0.717) is 5.69 Å². The first-order valence-corrected chi connectivity index (χ1v) is 10.7. The van der Waals surface area contributed by atoms with Crippen molar-refractivity contribution in [3.8, 4) is 16.2 Å². The van der Waals surface area contributed by atoms with Gasteiger partial charge in [-0.05, 0) is 67.1 Å². The Balaban J connectivity index is 1.43. The van der Waals surface area contributed by atoms with Crippen molar-refractivity contribution < 1.29 is 19.1 Å². The number of nitrogens with one attached hydrogen (secondary N) is 2. The fourth-order valence-electron chi connectivity index (χ4n) is 3.18. The SMILES string of the molecule is COc1ccc(-c2ccc(/C=C3\NC(=O)N(CC(=O)Nc4ccc(C)cc4)C3=O)s2)cc1. The van der Waals surface area contributed by atoms with E-state index < -0.39 is 17.8 Å². The maximum Gasteiger partial charge on any atom is 0.329 e. The highest BCUT2D eigenvalue weighted by Crippen LogP contribution is 2.31. The molecule has 1 aliphatic rings. The number of benzene rings is 2. The number of carbonyl (C=O) groups is 3. The van der Waals surface area contributed by atoms with Gasteiger partial charge < -0.3 is 15.4 Å². The van der Waals surface area contributed by atoms with E-state index in [1.165, 1.54) is 11.3 Å². The van der Waals surface area contributed by atoms with E-state index in [4.69, 9.17) is 4.74 Å². The molecule has 2 aromatic carbocycles. The van der Waals surface area contributed by atoms with Gasteiger partial charge in [-0.3, -0.25) is 9.59 Å². The standard InChI is InChI=1S/C24H21N3O4S/c1-15-3-7-17(8-4-15)25-22(28)14-27-23(29)20(26-24(27)30)13-19-11-12-21(32-19)16-5-9-18(31-2)10-6-16/h3-13H,14H2,1-2H3,(H,25,28)(H,26,30)/b20-13-. The molecule has 0 unspecified atom stereocenters. The first-order valence-electron chi connectivity index (χ1n) is 9.88. The molecule has 0 aliphatic carbocycles. The zero-order valence-corrected chi connectivity index (χ0v) is 18.4. The summed E-state index contributed by atoms with van der Waals surface area (Å²) in [5, 5.41) is 5.24. The van der Waals surface area contributed by atoms with Gasteiger partial charge >= 0.3 is 6.03 Å². The molecule has 162 valence electrons. The van der Waals surface area contributed by atoms with Crippen molar-refractivity contribution in [3.05, 3.63) is 76.8 Å². The highest BCUT2D eigenvalue weighted by molar-refractivity contribution is 7.16. The molecule has 1 aliphatic heterocycles. The number of hydrogen-bond donors (Lipinski definition) is 2. The number of rotatable bonds is 6. The minimum Gasteiger partial charge on any atom is -0.497 e. The van der Waals surface area contributed by atoms with Gasteiger partial charge in [-0.2, -0.15) is 0 Å². The van der Waals surface area contributed by atoms with Crippen LogP contribution in [0.3, 0.4) is 0 Å². The number of thiophene rings is 1. The number of anilines is 1. The van der Waals surface area contributed by atoms with E-state index in [0.717, 1.165) is 31.5 Å². The van der Waals surface area contributed by atoms with E-state index >= 15 is 0 Å². The second-order valence-electron chi connectivity index (χ2n) is 7.22. The number of methoxy groups -OCH3 is 1. The van der Waals surface area contributed by atoms with Crippen LogP contribution >= 0.6 is 11.3 Å². The Kier molecular flexibility index (Phi) is 6.04. The fraction of sp³-hybridized carbons (Fsp3) is 0.125. The lowest BCUT2D eigenvalue weighted by Crippen LogP contribution is -2.38. The van der Waals surface area contributed by atoms with Crippen LogP contribution in [0.25, 0.3) is 16.5 Å². The lowest BCUT2D eigenvalue weighted by Gasteiger charge is -2.12. The van der Waals surface area contributed by atoms with Crippen molar-refractivity contribution in [1.29, 1.82) is 0 Å². The predicted molar refractivity (Wildman–Crippen MR) is 124 cm³/mol. The van der Waals surface area contributed by atoms with Crippen LogP contribution in [0.2, 0.25) is 0 Å². The number of ether oxygens (including phenoxy) is 1. The topological polar surface area (TPSA) is 87.7 Å². The van der Waals surface area contributed by atoms with Crippen LogP contribution in [0.4, 0.5) is 10.5 Å². The summed E-state index contributed by atoms with van der Waals surface area (Å²) in [4.78, 5) is 40.0. The summed E-state index contributed by atoms with van der Waals surface area (Å²) in [6.07, 6.45) is 1.62. The zero-order chi connectivity index (χ0) is 22.7. The zero-order valence-electron chi connectivity index (χ0n) is 17.5. The summed E-state index contributed by atoms with van der Waals surface area (Å²) >= 11 is 1.49. The molecule has 0 saturated carbocycles. The Morgan fingerprint density at radius 1 is 1.06 bits per heavy atom. The molecule has 4 rings (SSSR count). The monoisotopic (exact) mass is 447 g/mol. The van der Waals surface area contributed by atoms with Gasteiger partial charge in [0.25, 0.3) is 5.91 Å². The maximum absolute atomic E-state index is 12.7. The lowest BCUT2D eigenvalue weighted by atomic mass is 10.2. The van der Waals surface area contributed by atoms with E-state index in [9.17, 15) is 14.4 Å². The van der Waals surface area contributed by atoms with Crippen molar-refractivity contribution in [2.24, 2.45) is 0 Å². The van der Waals surface area contributed by atoms with Crippen LogP contribution in [0, 0.1) is 6.92 Å². The van der Waals surface area contributed by atoms with Crippen LogP contribution < -0.4 is 15.4 Å². The number of aryl methyl sites for hydroxylation is 1. The van der Waals surface area contributed by atoms with Crippen LogP contribution in [-0.4, -0.2) is 36.4 Å². The average molecular weight is 448 g/mol. The van der Waals surface area contributed by atoms with Gasteiger partial charge in [0.2, 0.25) is 5.91 Å². The van der Waals surface area contributed by atoms with Gasteiger partial charge in [0.05, 0.1) is 7.11 Å². The summed E-state index contributed by atoms with van der Waals surface area (Å²) in [7, 11) is 1.62. The number of nitrogens with zero attached hydrogens (tertiary/aromatic N) is 1. The molecular formula is C24H21N3O4S. The van der Waals surface area contributed by atoms with Crippen molar-refractivity contribution >= 4 is 40.9 Å². The predicted octanol–water partition coefficient (Wildman–Crippen LogP) is 4.26. The fourth-order valence-corrected chi connectivity index (χ4v) is 4.14. The molecule has 1 fully saturated rings. The van der Waals surface area contributed by atoms with Crippen molar-refractivity contribution in [3.63, 3.8) is 0 Å². The molecule has 0 spiro atoms. The Morgan fingerprint density at radius 3 is 2.47 bits per heavy atom. The minimum atomic E-state index is -0.618. The second kappa shape index (κ2) is 9.07. The van der Waals surface area contributed by atoms with Crippen molar-refractivity contribution in [2.75, 3.05) is 19.0 Å². The van der Waals surface area contributed by atoms with Gasteiger partial charge in [0.15, 0.2) is 0 Å². The van der Waals surface area contributed by atoms with Gasteiger partial charge in [0.1, 0.15) is 18.0 Å². The number of carbonyl (C=O) groups excluding carboxylic acids is 3. The second-order valence-corrected chi connectivity index (χ2v) is 8.34. The maximum atomic E-state index is 12.7. The molecule has 32 heavy (non-hydrogen) atoms. The first-order chi connectivity index (χ1) is 15.4. The summed E-state index contributed by atoms with van der Waals surface area (Å²) in [5.74, 6) is -0.205.